The van der Waals surface area contributed by atoms with Crippen LogP contribution in [0.25, 0.3) is 0 Å². The van der Waals surface area contributed by atoms with Crippen molar-refractivity contribution in [1.29, 1.82) is 0 Å². The molecule has 0 fully saturated rings. The second-order valence-electron chi connectivity index (χ2n) is 5.00. The minimum Gasteiger partial charge on any atom is -0.486 e. The fraction of sp³-hybridized carbons (Fsp3) is 0.600. The number of hydrogen-bond donors (Lipinski definition) is 2. The summed E-state index contributed by atoms with van der Waals surface area (Å²) in [7, 11) is 0. The predicted molar refractivity (Wildman–Crippen MR) is 75.0 cm³/mol. The number of aryl methyl sites for hydroxylation is 2. The van der Waals surface area contributed by atoms with Gasteiger partial charge in [0.15, 0.2) is 0 Å². The Labute approximate surface area is 110 Å². The Morgan fingerprint density at radius 2 is 1.94 bits per heavy atom. The van der Waals surface area contributed by atoms with Gasteiger partial charge < -0.3 is 15.6 Å². The van der Waals surface area contributed by atoms with E-state index in [1.807, 2.05) is 19.9 Å². The van der Waals surface area contributed by atoms with Crippen LogP contribution in [0.4, 0.5) is 0 Å². The first kappa shape index (κ1) is 15.0. The van der Waals surface area contributed by atoms with Crippen LogP contribution in [0, 0.1) is 20.8 Å². The highest BCUT2D eigenvalue weighted by Gasteiger charge is 2.19. The van der Waals surface area contributed by atoms with Gasteiger partial charge >= 0.3 is 0 Å². The maximum atomic E-state index is 9.41. The van der Waals surface area contributed by atoms with E-state index in [1.165, 1.54) is 5.56 Å². The van der Waals surface area contributed by atoms with Crippen molar-refractivity contribution in [3.63, 3.8) is 0 Å². The molecule has 3 nitrogen and oxygen atoms in total. The Bertz CT molecular complexity index is 390. The zero-order chi connectivity index (χ0) is 13.7. The van der Waals surface area contributed by atoms with Crippen LogP contribution in [-0.2, 0) is 0 Å². The van der Waals surface area contributed by atoms with Crippen molar-refractivity contribution in [2.24, 2.45) is 5.73 Å². The van der Waals surface area contributed by atoms with Gasteiger partial charge in [-0.3, -0.25) is 0 Å². The molecular weight excluding hydrogens is 226 g/mol. The van der Waals surface area contributed by atoms with Crippen LogP contribution in [0.15, 0.2) is 12.1 Å². The Kier molecular flexibility index (Phi) is 5.63. The average molecular weight is 251 g/mol. The molecule has 102 valence electrons. The fourth-order valence-electron chi connectivity index (χ4n) is 2.07. The summed E-state index contributed by atoms with van der Waals surface area (Å²) in [6.45, 7) is 8.17. The molecule has 0 amide bonds. The number of ether oxygens (including phenoxy) is 1. The maximum Gasteiger partial charge on any atom is 0.137 e. The molecule has 18 heavy (non-hydrogen) atoms. The molecule has 2 unspecified atom stereocenters. The lowest BCUT2D eigenvalue weighted by atomic mass is 10.0. The van der Waals surface area contributed by atoms with Crippen LogP contribution in [-0.4, -0.2) is 23.9 Å². The molecule has 0 saturated carbocycles. The molecule has 0 aliphatic carbocycles. The van der Waals surface area contributed by atoms with Crippen LogP contribution in [0.3, 0.4) is 0 Å². The summed E-state index contributed by atoms with van der Waals surface area (Å²) in [5.74, 6) is 0.832. The summed E-state index contributed by atoms with van der Waals surface area (Å²) in [5, 5.41) is 9.41. The van der Waals surface area contributed by atoms with Crippen molar-refractivity contribution in [2.45, 2.75) is 52.7 Å². The van der Waals surface area contributed by atoms with E-state index in [0.29, 0.717) is 0 Å². The summed E-state index contributed by atoms with van der Waals surface area (Å²) < 4.78 is 5.90. The second kappa shape index (κ2) is 6.76. The molecule has 0 bridgehead atoms. The van der Waals surface area contributed by atoms with Gasteiger partial charge in [-0.1, -0.05) is 19.4 Å². The summed E-state index contributed by atoms with van der Waals surface area (Å²) in [6.07, 6.45) is 1.52. The van der Waals surface area contributed by atoms with Gasteiger partial charge in [-0.05, 0) is 49.9 Å². The van der Waals surface area contributed by atoms with Crippen molar-refractivity contribution >= 4 is 0 Å². The molecule has 1 aromatic carbocycles. The minimum atomic E-state index is -0.329. The predicted octanol–water partition coefficient (Wildman–Crippen LogP) is 2.48. The first-order valence-corrected chi connectivity index (χ1v) is 6.60. The summed E-state index contributed by atoms with van der Waals surface area (Å²) in [6, 6.07) is 4.01. The zero-order valence-corrected chi connectivity index (χ0v) is 11.9. The SMILES string of the molecule is CCCC(N)C(CO)Oc1cc(C)cc(C)c1C. The highest BCUT2D eigenvalue weighted by Crippen LogP contribution is 2.25. The topological polar surface area (TPSA) is 55.5 Å². The molecule has 2 atom stereocenters. The third kappa shape index (κ3) is 3.72. The number of aliphatic hydroxyl groups excluding tert-OH is 1. The maximum absolute atomic E-state index is 9.41. The average Bonchev–Trinajstić information content (AvgIpc) is 2.32. The normalized spacial score (nSPS) is 14.3. The van der Waals surface area contributed by atoms with Crippen molar-refractivity contribution in [3.8, 4) is 5.75 Å². The van der Waals surface area contributed by atoms with Crippen LogP contribution < -0.4 is 10.5 Å². The number of hydrogen-bond acceptors (Lipinski definition) is 3. The van der Waals surface area contributed by atoms with Crippen molar-refractivity contribution in [1.82, 2.24) is 0 Å². The van der Waals surface area contributed by atoms with E-state index in [-0.39, 0.29) is 18.8 Å². The van der Waals surface area contributed by atoms with E-state index in [4.69, 9.17) is 10.5 Å². The highest BCUT2D eigenvalue weighted by atomic mass is 16.5. The standard InChI is InChI=1S/C15H25NO2/c1-5-6-13(16)15(9-17)18-14-8-10(2)7-11(3)12(14)4/h7-8,13,15,17H,5-6,9,16H2,1-4H3. The Morgan fingerprint density at radius 3 is 2.50 bits per heavy atom. The fourth-order valence-corrected chi connectivity index (χ4v) is 2.07. The van der Waals surface area contributed by atoms with E-state index >= 15 is 0 Å². The monoisotopic (exact) mass is 251 g/mol. The van der Waals surface area contributed by atoms with Gasteiger partial charge in [0.2, 0.25) is 0 Å². The van der Waals surface area contributed by atoms with Gasteiger partial charge in [-0.15, -0.1) is 0 Å². The molecule has 0 aliphatic heterocycles. The molecule has 0 radical (unpaired) electrons. The number of nitrogens with two attached hydrogens (primary N) is 1. The van der Waals surface area contributed by atoms with Crippen molar-refractivity contribution < 1.29 is 9.84 Å². The molecule has 3 heteroatoms. The smallest absolute Gasteiger partial charge is 0.137 e. The largest absolute Gasteiger partial charge is 0.486 e. The van der Waals surface area contributed by atoms with Crippen LogP contribution >= 0.6 is 0 Å². The third-order valence-electron chi connectivity index (χ3n) is 3.32. The lowest BCUT2D eigenvalue weighted by molar-refractivity contribution is 0.0909. The zero-order valence-electron chi connectivity index (χ0n) is 11.9. The van der Waals surface area contributed by atoms with E-state index in [1.54, 1.807) is 0 Å². The minimum absolute atomic E-state index is 0.0480. The van der Waals surface area contributed by atoms with E-state index in [2.05, 4.69) is 19.9 Å². The third-order valence-corrected chi connectivity index (χ3v) is 3.32. The molecule has 3 N–H and O–H groups in total. The summed E-state index contributed by atoms with van der Waals surface area (Å²) in [4.78, 5) is 0. The van der Waals surface area contributed by atoms with Gasteiger partial charge in [0, 0.05) is 6.04 Å². The highest BCUT2D eigenvalue weighted by molar-refractivity contribution is 5.42. The van der Waals surface area contributed by atoms with E-state index in [0.717, 1.165) is 29.7 Å². The van der Waals surface area contributed by atoms with Crippen molar-refractivity contribution in [2.75, 3.05) is 6.61 Å². The lowest BCUT2D eigenvalue weighted by Gasteiger charge is -2.24. The van der Waals surface area contributed by atoms with Crippen molar-refractivity contribution in [3.05, 3.63) is 28.8 Å². The molecule has 1 rings (SSSR count). The second-order valence-corrected chi connectivity index (χ2v) is 5.00. The molecule has 0 aliphatic rings. The molecule has 0 aromatic heterocycles. The molecular formula is C15H25NO2. The Morgan fingerprint density at radius 1 is 1.28 bits per heavy atom. The Balaban J connectivity index is 2.88. The quantitative estimate of drug-likeness (QED) is 0.816. The summed E-state index contributed by atoms with van der Waals surface area (Å²) >= 11 is 0. The van der Waals surface area contributed by atoms with E-state index in [9.17, 15) is 5.11 Å². The van der Waals surface area contributed by atoms with E-state index < -0.39 is 0 Å². The lowest BCUT2D eigenvalue weighted by Crippen LogP contribution is -2.41. The van der Waals surface area contributed by atoms with Crippen LogP contribution in [0.1, 0.15) is 36.5 Å². The first-order chi connectivity index (χ1) is 8.49. The summed E-state index contributed by atoms with van der Waals surface area (Å²) in [5.41, 5.74) is 9.50. The number of benzene rings is 1. The van der Waals surface area contributed by atoms with Gasteiger partial charge in [-0.2, -0.15) is 0 Å². The first-order valence-electron chi connectivity index (χ1n) is 6.60. The molecule has 0 spiro atoms. The number of rotatable bonds is 6. The molecule has 1 aromatic rings. The van der Waals surface area contributed by atoms with Crippen LogP contribution in [0.5, 0.6) is 5.75 Å². The molecule has 0 heterocycles. The van der Waals surface area contributed by atoms with Gasteiger partial charge in [0.25, 0.3) is 0 Å². The number of aliphatic hydroxyl groups is 1. The van der Waals surface area contributed by atoms with Gasteiger partial charge in [0.05, 0.1) is 6.61 Å². The van der Waals surface area contributed by atoms with Crippen LogP contribution in [0.2, 0.25) is 0 Å². The van der Waals surface area contributed by atoms with Gasteiger partial charge in [0.1, 0.15) is 11.9 Å². The Hall–Kier alpha value is -1.06. The van der Waals surface area contributed by atoms with Gasteiger partial charge in [-0.25, -0.2) is 0 Å². The molecule has 0 saturated heterocycles.